The van der Waals surface area contributed by atoms with Crippen LogP contribution in [0.5, 0.6) is 0 Å². The molecule has 0 heterocycles. The van der Waals surface area contributed by atoms with Gasteiger partial charge in [-0.3, -0.25) is 0 Å². The van der Waals surface area contributed by atoms with Gasteiger partial charge < -0.3 is 0 Å². The van der Waals surface area contributed by atoms with Crippen molar-refractivity contribution in [3.63, 3.8) is 0 Å². The number of hydrogen-bond donors (Lipinski definition) is 0. The predicted octanol–water partition coefficient (Wildman–Crippen LogP) is -2.47. The molecule has 1 nitrogen and oxygen atoms in total. The molecule has 2 heteroatoms. The van der Waals surface area contributed by atoms with Crippen molar-refractivity contribution in [2.75, 3.05) is 0 Å². The zero-order chi connectivity index (χ0) is 2.71. The monoisotopic (exact) mass is 64.0 g/mol. The number of rotatable bonds is 0. The van der Waals surface area contributed by atoms with Crippen LogP contribution in [0.1, 0.15) is 6.92 Å². The minimum atomic E-state index is 0. The molecule has 0 bridgehead atoms. The van der Waals surface area contributed by atoms with E-state index < -0.39 is 0 Å². The van der Waals surface area contributed by atoms with E-state index in [0.717, 1.165) is 0 Å². The van der Waals surface area contributed by atoms with Crippen molar-refractivity contribution in [2.24, 2.45) is 0 Å². The molecule has 0 radical (unpaired) electrons. The first-order chi connectivity index (χ1) is 1.41. The average molecular weight is 64.0 g/mol. The first-order valence-electron chi connectivity index (χ1n) is 0.724. The normalized spacial score (nSPS) is 2.00. The second-order valence-electron chi connectivity index (χ2n) is 0.224. The van der Waals surface area contributed by atoms with E-state index in [2.05, 4.69) is 0 Å². The fourth-order valence-corrected chi connectivity index (χ4v) is 0. The van der Waals surface area contributed by atoms with E-state index in [0.29, 0.717) is 0 Å². The molecule has 0 atom stereocenters. The largest absolute Gasteiger partial charge is 1.00 e. The van der Waals surface area contributed by atoms with E-state index in [1.165, 1.54) is 6.92 Å². The molecule has 0 saturated carbocycles. The van der Waals surface area contributed by atoms with Gasteiger partial charge in [-0.2, -0.15) is 5.26 Å². The van der Waals surface area contributed by atoms with E-state index in [1.54, 1.807) is 6.07 Å². The molecule has 0 aliphatic carbocycles. The van der Waals surface area contributed by atoms with Crippen molar-refractivity contribution >= 4 is 0 Å². The van der Waals surface area contributed by atoms with Crippen LogP contribution in [0.25, 0.3) is 0 Å². The van der Waals surface area contributed by atoms with Crippen LogP contribution in [-0.4, -0.2) is 0 Å². The molecule has 0 unspecified atom stereocenters. The van der Waals surface area contributed by atoms with Gasteiger partial charge in [-0.15, -0.1) is 0 Å². The van der Waals surface area contributed by atoms with Crippen LogP contribution in [0, 0.1) is 11.3 Å². The van der Waals surface area contributed by atoms with E-state index in [4.69, 9.17) is 5.26 Å². The van der Waals surface area contributed by atoms with Crippen LogP contribution in [0.2, 0.25) is 0 Å². The van der Waals surface area contributed by atoms with Crippen LogP contribution in [0.4, 0.5) is 0 Å². The van der Waals surface area contributed by atoms with Gasteiger partial charge in [-0.1, -0.05) is 0 Å². The molecule has 0 amide bonds. The van der Waals surface area contributed by atoms with Crippen LogP contribution in [0.15, 0.2) is 0 Å². The minimum absolute atomic E-state index is 0. The Hall–Kier alpha value is 0.490. The van der Waals surface area contributed by atoms with E-state index in [1.807, 2.05) is 0 Å². The number of hydrogen-bond acceptors (Lipinski definition) is 1. The molecule has 0 N–H and O–H groups in total. The molecule has 0 aliphatic heterocycles. The molecule has 0 aromatic heterocycles. The van der Waals surface area contributed by atoms with Crippen molar-refractivity contribution in [1.82, 2.24) is 0 Å². The Morgan fingerprint density at radius 1 is 1.75 bits per heavy atom. The Morgan fingerprint density at radius 3 is 1.75 bits per heavy atom. The smallest absolute Gasteiger partial charge is 0.199 e. The summed E-state index contributed by atoms with van der Waals surface area (Å²) in [5.74, 6) is 0. The summed E-state index contributed by atoms with van der Waals surface area (Å²) in [5, 5.41) is 7.32. The molecule has 0 fully saturated rings. The molecule has 0 aliphatic rings. The fraction of sp³-hybridized carbons (Fsp3) is 0.500. The van der Waals surface area contributed by atoms with Crippen molar-refractivity contribution in [3.05, 3.63) is 0 Å². The van der Waals surface area contributed by atoms with Crippen molar-refractivity contribution in [2.45, 2.75) is 6.92 Å². The summed E-state index contributed by atoms with van der Waals surface area (Å²) in [4.78, 5) is 0. The van der Waals surface area contributed by atoms with Crippen LogP contribution in [-0.2, 0) is 0 Å². The number of nitrogens with zero attached hydrogens (tertiary/aromatic N) is 1. The molecule has 0 saturated heterocycles. The Bertz CT molecular complexity index is 27.5. The predicted molar refractivity (Wildman–Crippen MR) is 11.3 cm³/mol. The van der Waals surface area contributed by atoms with Crippen LogP contribution in [0.3, 0.4) is 0 Å². The van der Waals surface area contributed by atoms with E-state index in [9.17, 15) is 0 Å². The van der Waals surface area contributed by atoms with Gasteiger partial charge in [0.25, 0.3) is 0 Å². The summed E-state index contributed by atoms with van der Waals surface area (Å²) in [7, 11) is 0. The Labute approximate surface area is 47.9 Å². The summed E-state index contributed by atoms with van der Waals surface area (Å²) < 4.78 is 0. The van der Waals surface area contributed by atoms with Gasteiger partial charge in [-0.25, -0.2) is 0 Å². The molecule has 0 aromatic carbocycles. The molecule has 0 spiro atoms. The van der Waals surface area contributed by atoms with Crippen LogP contribution >= 0.6 is 0 Å². The summed E-state index contributed by atoms with van der Waals surface area (Å²) in [6.45, 7) is 1.43. The summed E-state index contributed by atoms with van der Waals surface area (Å²) in [6, 6.07) is 1.75. The van der Waals surface area contributed by atoms with Gasteiger partial charge in [0.05, 0.1) is 6.07 Å². The van der Waals surface area contributed by atoms with Gasteiger partial charge in [-0.05, 0) is 0 Å². The van der Waals surface area contributed by atoms with Crippen LogP contribution < -0.4 is 29.6 Å². The van der Waals surface area contributed by atoms with Crippen molar-refractivity contribution in [3.8, 4) is 6.07 Å². The Balaban J connectivity index is 0. The third-order valence-corrected chi connectivity index (χ3v) is 0. The first-order valence-corrected chi connectivity index (χ1v) is 0.724. The second kappa shape index (κ2) is 9.75. The first kappa shape index (κ1) is 8.82. The van der Waals surface area contributed by atoms with Gasteiger partial charge in [0.15, 0.2) is 0 Å². The van der Waals surface area contributed by atoms with Gasteiger partial charge in [0.2, 0.25) is 0 Å². The summed E-state index contributed by atoms with van der Waals surface area (Å²) in [5.41, 5.74) is 0. The van der Waals surface area contributed by atoms with Crippen molar-refractivity contribution in [1.29, 1.82) is 5.26 Å². The quantitative estimate of drug-likeness (QED) is 0.286. The fourth-order valence-electron chi connectivity index (χ4n) is 0. The van der Waals surface area contributed by atoms with Gasteiger partial charge in [0, 0.05) is 6.92 Å². The summed E-state index contributed by atoms with van der Waals surface area (Å²) >= 11 is 0. The second-order valence-corrected chi connectivity index (χ2v) is 0.224. The maximum atomic E-state index is 7.32. The van der Waals surface area contributed by atoms with Gasteiger partial charge in [0.1, 0.15) is 0 Å². The third kappa shape index (κ3) is 23.0. The van der Waals surface area contributed by atoms with Gasteiger partial charge >= 0.3 is 29.6 Å². The van der Waals surface area contributed by atoms with Crippen molar-refractivity contribution < 1.29 is 29.6 Å². The molecular weight excluding hydrogens is 61.0 g/mol. The molecule has 0 rings (SSSR count). The molecule has 4 heavy (non-hydrogen) atoms. The summed E-state index contributed by atoms with van der Waals surface area (Å²) in [6.07, 6.45) is 0. The standard InChI is InChI=1S/C2H3N.Na/c1-2-3;/h1H3;/q;+1. The third-order valence-electron chi connectivity index (χ3n) is 0. The Kier molecular flexibility index (Phi) is 21.5. The zero-order valence-corrected chi connectivity index (χ0v) is 4.95. The number of nitriles is 1. The Morgan fingerprint density at radius 2 is 1.75 bits per heavy atom. The molecule has 0 aromatic rings. The molecular formula is C2H3NNa+. The average Bonchev–Trinajstić information content (AvgIpc) is 0.918. The molecule has 16 valence electrons. The topological polar surface area (TPSA) is 23.8 Å². The SMILES string of the molecule is CC#N.[Na+]. The maximum absolute atomic E-state index is 7.32. The maximum Gasteiger partial charge on any atom is 1.00 e. The zero-order valence-electron chi connectivity index (χ0n) is 2.95. The van der Waals surface area contributed by atoms with E-state index >= 15 is 0 Å². The minimum Gasteiger partial charge on any atom is -0.199 e. The van der Waals surface area contributed by atoms with E-state index in [-0.39, 0.29) is 29.6 Å².